The molecule has 0 aliphatic heterocycles. The largest absolute Gasteiger partial charge is 0.481 e. The predicted molar refractivity (Wildman–Crippen MR) is 93.1 cm³/mol. The minimum Gasteiger partial charge on any atom is -0.481 e. The molecule has 1 rings (SSSR count). The summed E-state index contributed by atoms with van der Waals surface area (Å²) in [7, 11) is 1.52. The molecule has 1 N–H and O–H groups in total. The number of carbonyl (C=O) groups excluding carboxylic acids is 2. The van der Waals surface area contributed by atoms with Crippen LogP contribution in [-0.4, -0.2) is 30.6 Å². The SMILES string of the molecule is CCCCOC(=O)CCc1ccc(OC)nc1NC(=O)C(C)(C)C. The molecule has 0 aliphatic carbocycles. The van der Waals surface area contributed by atoms with Crippen molar-refractivity contribution >= 4 is 17.7 Å². The predicted octanol–water partition coefficient (Wildman–Crippen LogP) is 3.35. The quantitative estimate of drug-likeness (QED) is 0.582. The van der Waals surface area contributed by atoms with Crippen LogP contribution in [0.2, 0.25) is 0 Å². The number of hydrogen-bond donors (Lipinski definition) is 1. The summed E-state index contributed by atoms with van der Waals surface area (Å²) in [5.74, 6) is 0.450. The van der Waals surface area contributed by atoms with Crippen LogP contribution in [0.25, 0.3) is 0 Å². The van der Waals surface area contributed by atoms with E-state index in [1.165, 1.54) is 7.11 Å². The molecule has 0 atom stereocenters. The number of unbranched alkanes of at least 4 members (excludes halogenated alkanes) is 1. The Morgan fingerprint density at radius 3 is 2.54 bits per heavy atom. The summed E-state index contributed by atoms with van der Waals surface area (Å²) < 4.78 is 10.3. The van der Waals surface area contributed by atoms with Crippen LogP contribution in [0.1, 0.15) is 52.5 Å². The molecule has 0 saturated carbocycles. The van der Waals surface area contributed by atoms with Gasteiger partial charge in [-0.3, -0.25) is 9.59 Å². The van der Waals surface area contributed by atoms with Crippen molar-refractivity contribution in [3.8, 4) is 5.88 Å². The number of amides is 1. The Balaban J connectivity index is 2.78. The fourth-order valence-electron chi connectivity index (χ4n) is 1.83. The van der Waals surface area contributed by atoms with Gasteiger partial charge in [-0.1, -0.05) is 34.1 Å². The Labute approximate surface area is 143 Å². The average Bonchev–Trinajstić information content (AvgIpc) is 2.52. The van der Waals surface area contributed by atoms with Crippen molar-refractivity contribution in [2.75, 3.05) is 19.0 Å². The Kier molecular flexibility index (Phi) is 7.68. The van der Waals surface area contributed by atoms with E-state index in [2.05, 4.69) is 10.3 Å². The minimum absolute atomic E-state index is 0.143. The van der Waals surface area contributed by atoms with Crippen molar-refractivity contribution in [3.05, 3.63) is 17.7 Å². The number of aromatic nitrogens is 1. The second-order valence-corrected chi connectivity index (χ2v) is 6.64. The number of rotatable bonds is 8. The Morgan fingerprint density at radius 2 is 1.96 bits per heavy atom. The molecule has 6 nitrogen and oxygen atoms in total. The Bertz CT molecular complexity index is 565. The Hall–Kier alpha value is -2.11. The number of anilines is 1. The van der Waals surface area contributed by atoms with Crippen molar-refractivity contribution in [2.45, 2.75) is 53.4 Å². The molecule has 1 amide bonds. The number of ether oxygens (including phenoxy) is 2. The minimum atomic E-state index is -0.541. The Morgan fingerprint density at radius 1 is 1.25 bits per heavy atom. The highest BCUT2D eigenvalue weighted by Gasteiger charge is 2.23. The van der Waals surface area contributed by atoms with Crippen molar-refractivity contribution in [1.29, 1.82) is 0 Å². The van der Waals surface area contributed by atoms with Gasteiger partial charge in [-0.15, -0.1) is 0 Å². The summed E-state index contributed by atoms with van der Waals surface area (Å²) in [6.45, 7) is 7.97. The number of esters is 1. The van der Waals surface area contributed by atoms with Gasteiger partial charge in [0.15, 0.2) is 0 Å². The van der Waals surface area contributed by atoms with Gasteiger partial charge in [0.05, 0.1) is 13.7 Å². The van der Waals surface area contributed by atoms with Crippen LogP contribution in [0.3, 0.4) is 0 Å². The van der Waals surface area contributed by atoms with Gasteiger partial charge in [0, 0.05) is 17.9 Å². The molecule has 0 unspecified atom stereocenters. The van der Waals surface area contributed by atoms with E-state index in [0.717, 1.165) is 18.4 Å². The zero-order valence-corrected chi connectivity index (χ0v) is 15.3. The van der Waals surface area contributed by atoms with E-state index < -0.39 is 5.41 Å². The fraction of sp³-hybridized carbons (Fsp3) is 0.611. The van der Waals surface area contributed by atoms with Crippen molar-refractivity contribution < 1.29 is 19.1 Å². The second kappa shape index (κ2) is 9.25. The average molecular weight is 336 g/mol. The van der Waals surface area contributed by atoms with Gasteiger partial charge in [0.2, 0.25) is 11.8 Å². The molecule has 1 heterocycles. The third-order valence-corrected chi connectivity index (χ3v) is 3.43. The van der Waals surface area contributed by atoms with Crippen LogP contribution in [0.5, 0.6) is 5.88 Å². The number of nitrogens with zero attached hydrogens (tertiary/aromatic N) is 1. The van der Waals surface area contributed by atoms with Crippen molar-refractivity contribution in [3.63, 3.8) is 0 Å². The standard InChI is InChI=1S/C18H28N2O4/c1-6-7-12-24-15(21)11-9-13-8-10-14(23-5)19-16(13)20-17(22)18(2,3)4/h8,10H,6-7,9,11-12H2,1-5H3,(H,19,20,22). The molecule has 0 saturated heterocycles. The molecule has 0 radical (unpaired) electrons. The zero-order valence-electron chi connectivity index (χ0n) is 15.3. The second-order valence-electron chi connectivity index (χ2n) is 6.64. The van der Waals surface area contributed by atoms with E-state index in [1.54, 1.807) is 6.07 Å². The van der Waals surface area contributed by atoms with Gasteiger partial charge in [-0.2, -0.15) is 4.98 Å². The van der Waals surface area contributed by atoms with Gasteiger partial charge < -0.3 is 14.8 Å². The van der Waals surface area contributed by atoms with Gasteiger partial charge in [0.1, 0.15) is 5.82 Å². The number of aryl methyl sites for hydroxylation is 1. The highest BCUT2D eigenvalue weighted by atomic mass is 16.5. The fourth-order valence-corrected chi connectivity index (χ4v) is 1.83. The lowest BCUT2D eigenvalue weighted by Crippen LogP contribution is -2.28. The third-order valence-electron chi connectivity index (χ3n) is 3.43. The number of methoxy groups -OCH3 is 1. The zero-order chi connectivity index (χ0) is 18.2. The number of carbonyl (C=O) groups is 2. The summed E-state index contributed by atoms with van der Waals surface area (Å²) in [5, 5.41) is 2.82. The van der Waals surface area contributed by atoms with E-state index in [0.29, 0.717) is 24.7 Å². The first-order valence-electron chi connectivity index (χ1n) is 8.29. The monoisotopic (exact) mass is 336 g/mol. The van der Waals surface area contributed by atoms with Crippen LogP contribution in [0.15, 0.2) is 12.1 Å². The van der Waals surface area contributed by atoms with Crippen molar-refractivity contribution in [2.24, 2.45) is 5.41 Å². The molecule has 0 aliphatic rings. The summed E-state index contributed by atoms with van der Waals surface area (Å²) in [5.41, 5.74) is 0.238. The molecule has 0 bridgehead atoms. The van der Waals surface area contributed by atoms with Crippen LogP contribution in [0, 0.1) is 5.41 Å². The molecule has 24 heavy (non-hydrogen) atoms. The van der Waals surface area contributed by atoms with Crippen LogP contribution >= 0.6 is 0 Å². The summed E-state index contributed by atoms with van der Waals surface area (Å²) in [6, 6.07) is 3.52. The topological polar surface area (TPSA) is 77.5 Å². The number of nitrogens with one attached hydrogen (secondary N) is 1. The van der Waals surface area contributed by atoms with Crippen LogP contribution < -0.4 is 10.1 Å². The highest BCUT2D eigenvalue weighted by molar-refractivity contribution is 5.94. The normalized spacial score (nSPS) is 11.0. The van der Waals surface area contributed by atoms with Gasteiger partial charge in [-0.25, -0.2) is 0 Å². The van der Waals surface area contributed by atoms with Crippen LogP contribution in [-0.2, 0) is 20.7 Å². The third kappa shape index (κ3) is 6.56. The van der Waals surface area contributed by atoms with Gasteiger partial charge in [-0.05, 0) is 24.5 Å². The summed E-state index contributed by atoms with van der Waals surface area (Å²) in [4.78, 5) is 28.3. The molecular weight excluding hydrogens is 308 g/mol. The molecule has 0 spiro atoms. The van der Waals surface area contributed by atoms with E-state index in [9.17, 15) is 9.59 Å². The maximum absolute atomic E-state index is 12.2. The smallest absolute Gasteiger partial charge is 0.306 e. The summed E-state index contributed by atoms with van der Waals surface area (Å²) in [6.07, 6.45) is 2.54. The first-order chi connectivity index (χ1) is 11.3. The maximum atomic E-state index is 12.2. The lowest BCUT2D eigenvalue weighted by Gasteiger charge is -2.19. The van der Waals surface area contributed by atoms with Crippen LogP contribution in [0.4, 0.5) is 5.82 Å². The highest BCUT2D eigenvalue weighted by Crippen LogP contribution is 2.22. The van der Waals surface area contributed by atoms with E-state index in [4.69, 9.17) is 9.47 Å². The van der Waals surface area contributed by atoms with Gasteiger partial charge in [0.25, 0.3) is 0 Å². The van der Waals surface area contributed by atoms with E-state index in [1.807, 2.05) is 33.8 Å². The lowest BCUT2D eigenvalue weighted by atomic mass is 9.95. The van der Waals surface area contributed by atoms with Gasteiger partial charge >= 0.3 is 5.97 Å². The molecule has 6 heteroatoms. The molecular formula is C18H28N2O4. The number of hydrogen-bond acceptors (Lipinski definition) is 5. The van der Waals surface area contributed by atoms with E-state index in [-0.39, 0.29) is 18.3 Å². The summed E-state index contributed by atoms with van der Waals surface area (Å²) >= 11 is 0. The number of pyridine rings is 1. The molecule has 1 aromatic rings. The first kappa shape index (κ1) is 19.9. The lowest BCUT2D eigenvalue weighted by molar-refractivity contribution is -0.143. The maximum Gasteiger partial charge on any atom is 0.306 e. The molecule has 0 aromatic carbocycles. The van der Waals surface area contributed by atoms with Crippen molar-refractivity contribution in [1.82, 2.24) is 4.98 Å². The van der Waals surface area contributed by atoms with E-state index >= 15 is 0 Å². The molecule has 1 aromatic heterocycles. The first-order valence-corrected chi connectivity index (χ1v) is 8.29. The molecule has 134 valence electrons. The molecule has 0 fully saturated rings.